The number of amides is 3. The number of nitrogens with one attached hydrogen (secondary N) is 2. The van der Waals surface area contributed by atoms with E-state index in [1.165, 1.54) is 70.6 Å². The second-order valence-electron chi connectivity index (χ2n) is 12.8. The molecule has 14 N–H and O–H groups in total. The number of hydrogen-bond donors (Lipinski definition) is 6. The van der Waals surface area contributed by atoms with Gasteiger partial charge in [0.2, 0.25) is 5.91 Å². The lowest BCUT2D eigenvalue weighted by molar-refractivity contribution is -0.406. The van der Waals surface area contributed by atoms with E-state index in [0.29, 0.717) is 45.4 Å². The third-order valence-electron chi connectivity index (χ3n) is 8.50. The van der Waals surface area contributed by atoms with Crippen LogP contribution in [0.2, 0.25) is 0 Å². The van der Waals surface area contributed by atoms with Crippen LogP contribution in [0.1, 0.15) is 148 Å². The minimum atomic E-state index is -0.242. The lowest BCUT2D eigenvalue weighted by Crippen LogP contribution is -2.67. The number of unbranched alkanes of at least 4 members (excludes halogenated alkanes) is 14. The van der Waals surface area contributed by atoms with Gasteiger partial charge in [0.05, 0.1) is 13.1 Å². The van der Waals surface area contributed by atoms with E-state index in [1.807, 2.05) is 4.90 Å². The third-order valence-corrected chi connectivity index (χ3v) is 8.50. The van der Waals surface area contributed by atoms with Crippen molar-refractivity contribution in [2.75, 3.05) is 39.3 Å². The van der Waals surface area contributed by atoms with Gasteiger partial charge in [-0.05, 0) is 44.9 Å². The van der Waals surface area contributed by atoms with Gasteiger partial charge >= 0.3 is 0 Å². The summed E-state index contributed by atoms with van der Waals surface area (Å²) >= 11 is 0. The van der Waals surface area contributed by atoms with Gasteiger partial charge in [-0.3, -0.25) is 14.4 Å². The summed E-state index contributed by atoms with van der Waals surface area (Å²) < 4.78 is 0. The van der Waals surface area contributed by atoms with E-state index in [1.54, 1.807) is 0 Å². The molecule has 0 bridgehead atoms. The second kappa shape index (κ2) is 31.2. The van der Waals surface area contributed by atoms with Crippen LogP contribution in [0.15, 0.2) is 0 Å². The third kappa shape index (κ3) is 25.6. The Labute approximate surface area is 269 Å². The molecule has 2 atom stereocenters. The minimum Gasteiger partial charge on any atom is -0.358 e. The van der Waals surface area contributed by atoms with Crippen molar-refractivity contribution in [1.29, 1.82) is 0 Å². The molecule has 0 aliphatic heterocycles. The van der Waals surface area contributed by atoms with E-state index >= 15 is 0 Å². The fourth-order valence-electron chi connectivity index (χ4n) is 5.46. The molecule has 10 nitrogen and oxygen atoms in total. The van der Waals surface area contributed by atoms with Gasteiger partial charge in [-0.15, -0.1) is 0 Å². The van der Waals surface area contributed by atoms with Crippen molar-refractivity contribution >= 4 is 17.7 Å². The Morgan fingerprint density at radius 3 is 1.32 bits per heavy atom. The molecule has 3 amide bonds. The maximum absolute atomic E-state index is 13.1. The number of carbonyl (C=O) groups excluding carboxylic acids is 3. The maximum atomic E-state index is 13.1. The van der Waals surface area contributed by atoms with Crippen molar-refractivity contribution in [3.8, 4) is 0 Å². The first-order chi connectivity index (χ1) is 21.4. The summed E-state index contributed by atoms with van der Waals surface area (Å²) in [4.78, 5) is 39.8. The summed E-state index contributed by atoms with van der Waals surface area (Å²) in [6.45, 7) is 6.32. The molecule has 0 saturated heterocycles. The maximum Gasteiger partial charge on any atom is 0.278 e. The molecule has 0 unspecified atom stereocenters. The molecule has 0 rings (SSSR count). The quantitative estimate of drug-likeness (QED) is 0.0614. The predicted molar refractivity (Wildman–Crippen MR) is 179 cm³/mol. The molecule has 0 aromatic rings. The normalized spacial score (nSPS) is 12.6. The van der Waals surface area contributed by atoms with Crippen LogP contribution in [0, 0.1) is 0 Å². The average Bonchev–Trinajstić information content (AvgIpc) is 3.02. The summed E-state index contributed by atoms with van der Waals surface area (Å²) in [5.41, 5.74) is 15.7. The van der Waals surface area contributed by atoms with Gasteiger partial charge < -0.3 is 38.5 Å². The summed E-state index contributed by atoms with van der Waals surface area (Å²) in [6, 6.07) is -0.483. The molecule has 0 aromatic heterocycles. The Morgan fingerprint density at radius 2 is 0.932 bits per heavy atom. The monoisotopic (exact) mass is 630 g/mol. The molecule has 260 valence electrons. The molecular weight excluding hydrogens is 554 g/mol. The molecule has 0 heterocycles. The second-order valence-corrected chi connectivity index (χ2v) is 12.8. The van der Waals surface area contributed by atoms with Gasteiger partial charge in [0.25, 0.3) is 11.8 Å². The van der Waals surface area contributed by atoms with Gasteiger partial charge in [-0.1, -0.05) is 84.0 Å². The fraction of sp³-hybridized carbons (Fsp3) is 0.912. The molecule has 10 heteroatoms. The molecule has 0 radical (unpaired) electrons. The van der Waals surface area contributed by atoms with Crippen LogP contribution in [-0.2, 0) is 14.4 Å². The highest BCUT2D eigenvalue weighted by atomic mass is 16.2. The van der Waals surface area contributed by atoms with Gasteiger partial charge in [0.1, 0.15) is 0 Å². The first kappa shape index (κ1) is 42.2. The van der Waals surface area contributed by atoms with Gasteiger partial charge in [-0.25, -0.2) is 0 Å². The highest BCUT2D eigenvalue weighted by Gasteiger charge is 2.18. The van der Waals surface area contributed by atoms with E-state index in [-0.39, 0.29) is 29.8 Å². The van der Waals surface area contributed by atoms with Crippen LogP contribution in [0.3, 0.4) is 0 Å². The number of carbonyl (C=O) groups is 3. The molecule has 0 aromatic carbocycles. The molecule has 0 saturated carbocycles. The summed E-state index contributed by atoms with van der Waals surface area (Å²) in [6.07, 6.45) is 24.2. The standard InChI is InChI=1S/C34H71N7O3/c1-2-3-4-5-6-7-8-9-10-11-12-13-14-23-32(42)41(28-19-26-39-33(43)30(37)21-15-17-24-35)29-20-27-40-34(44)31(38)22-16-18-25-36/h30-31H,2-29,35-38H2,1H3,(H,39,43)(H,40,44)/p+4/t30-,31-/m1/s1. The van der Waals surface area contributed by atoms with Crippen molar-refractivity contribution in [3.05, 3.63) is 0 Å². The van der Waals surface area contributed by atoms with Crippen LogP contribution >= 0.6 is 0 Å². The van der Waals surface area contributed by atoms with E-state index < -0.39 is 0 Å². The van der Waals surface area contributed by atoms with E-state index in [4.69, 9.17) is 0 Å². The number of nitrogens with zero attached hydrogens (tertiary/aromatic N) is 1. The molecule has 0 fully saturated rings. The van der Waals surface area contributed by atoms with Crippen molar-refractivity contribution in [1.82, 2.24) is 15.5 Å². The molecule has 0 aliphatic carbocycles. The van der Waals surface area contributed by atoms with Crippen molar-refractivity contribution in [3.63, 3.8) is 0 Å². The fourth-order valence-corrected chi connectivity index (χ4v) is 5.46. The predicted octanol–water partition coefficient (Wildman–Crippen LogP) is 1.35. The Bertz CT molecular complexity index is 660. The first-order valence-electron chi connectivity index (χ1n) is 18.4. The Morgan fingerprint density at radius 1 is 0.545 bits per heavy atom. The lowest BCUT2D eigenvalue weighted by atomic mass is 10.0. The van der Waals surface area contributed by atoms with Gasteiger partial charge in [0, 0.05) is 45.4 Å². The van der Waals surface area contributed by atoms with Crippen LogP contribution in [0.5, 0.6) is 0 Å². The van der Waals surface area contributed by atoms with Crippen LogP contribution < -0.4 is 33.6 Å². The summed E-state index contributed by atoms with van der Waals surface area (Å²) in [5.74, 6) is 0.149. The molecule has 44 heavy (non-hydrogen) atoms. The summed E-state index contributed by atoms with van der Waals surface area (Å²) in [7, 11) is 0. The van der Waals surface area contributed by atoms with Crippen molar-refractivity contribution < 1.29 is 37.3 Å². The van der Waals surface area contributed by atoms with E-state index in [0.717, 1.165) is 64.5 Å². The first-order valence-corrected chi connectivity index (χ1v) is 18.4. The Hall–Kier alpha value is -1.75. The number of hydrogen-bond acceptors (Lipinski definition) is 3. The van der Waals surface area contributed by atoms with Crippen molar-refractivity contribution in [2.45, 2.75) is 160 Å². The SMILES string of the molecule is CCCCCCCCCCCCCCCC(=O)N(CCCNC(=O)[C@H]([NH3+])CCCC[NH3+])CCCNC(=O)[C@H]([NH3+])CCCC[NH3+]. The Balaban J connectivity index is 4.41. The van der Waals surface area contributed by atoms with Crippen LogP contribution in [0.4, 0.5) is 0 Å². The summed E-state index contributed by atoms with van der Waals surface area (Å²) in [5, 5.41) is 5.98. The number of quaternary nitrogens is 4. The zero-order chi connectivity index (χ0) is 32.7. The van der Waals surface area contributed by atoms with Gasteiger partial charge in [0.15, 0.2) is 12.1 Å². The van der Waals surface area contributed by atoms with Crippen LogP contribution in [-0.4, -0.2) is 74.0 Å². The van der Waals surface area contributed by atoms with E-state index in [9.17, 15) is 14.4 Å². The topological polar surface area (TPSA) is 189 Å². The lowest BCUT2D eigenvalue weighted by Gasteiger charge is -2.23. The Kier molecular flexibility index (Phi) is 30.0. The zero-order valence-corrected chi connectivity index (χ0v) is 29.0. The average molecular weight is 630 g/mol. The molecule has 0 spiro atoms. The zero-order valence-electron chi connectivity index (χ0n) is 29.0. The number of rotatable bonds is 32. The van der Waals surface area contributed by atoms with Gasteiger partial charge in [-0.2, -0.15) is 0 Å². The molecule has 0 aliphatic rings. The molecular formula is C34H75N7O3+4. The van der Waals surface area contributed by atoms with Crippen LogP contribution in [0.25, 0.3) is 0 Å². The smallest absolute Gasteiger partial charge is 0.278 e. The highest BCUT2D eigenvalue weighted by Crippen LogP contribution is 2.13. The van der Waals surface area contributed by atoms with Crippen molar-refractivity contribution in [2.24, 2.45) is 0 Å². The minimum absolute atomic E-state index is 0.0143. The van der Waals surface area contributed by atoms with E-state index in [2.05, 4.69) is 40.5 Å². The highest BCUT2D eigenvalue weighted by molar-refractivity contribution is 5.80. The largest absolute Gasteiger partial charge is 0.358 e.